The lowest BCUT2D eigenvalue weighted by Gasteiger charge is -1.95. The average Bonchev–Trinajstić information content (AvgIpc) is 2.49. The molecule has 1 aromatic rings. The van der Waals surface area contributed by atoms with Crippen molar-refractivity contribution in [3.8, 4) is 0 Å². The number of allylic oxidation sites excluding steroid dienone is 3. The van der Waals surface area contributed by atoms with E-state index < -0.39 is 0 Å². The molecule has 0 aliphatic heterocycles. The predicted molar refractivity (Wildman–Crippen MR) is 67.9 cm³/mol. The lowest BCUT2D eigenvalue weighted by Crippen LogP contribution is -2.32. The lowest BCUT2D eigenvalue weighted by molar-refractivity contribution is 1.07. The Morgan fingerprint density at radius 3 is 3.12 bits per heavy atom. The zero-order chi connectivity index (χ0) is 11.4. The molecule has 0 spiro atoms. The number of rotatable bonds is 2. The summed E-state index contributed by atoms with van der Waals surface area (Å²) in [6, 6.07) is 0. The fourth-order valence-electron chi connectivity index (χ4n) is 1.69. The molecule has 1 aliphatic carbocycles. The zero-order valence-electron chi connectivity index (χ0n) is 9.77. The summed E-state index contributed by atoms with van der Waals surface area (Å²) in [5, 5.41) is 2.00. The quantitative estimate of drug-likeness (QED) is 0.747. The van der Waals surface area contributed by atoms with Crippen LogP contribution in [0.2, 0.25) is 0 Å². The van der Waals surface area contributed by atoms with Crippen molar-refractivity contribution in [2.75, 3.05) is 0 Å². The van der Waals surface area contributed by atoms with E-state index in [1.54, 1.807) is 0 Å². The third kappa shape index (κ3) is 2.27. The van der Waals surface area contributed by atoms with Crippen molar-refractivity contribution in [2.24, 2.45) is 0 Å². The van der Waals surface area contributed by atoms with Crippen LogP contribution in [-0.2, 0) is 0 Å². The summed E-state index contributed by atoms with van der Waals surface area (Å²) in [6.07, 6.45) is 14.3. The van der Waals surface area contributed by atoms with Crippen molar-refractivity contribution in [1.29, 1.82) is 0 Å². The van der Waals surface area contributed by atoms with Crippen molar-refractivity contribution in [3.63, 3.8) is 0 Å². The second-order valence-corrected chi connectivity index (χ2v) is 3.86. The van der Waals surface area contributed by atoms with Crippen LogP contribution in [0.5, 0.6) is 0 Å². The third-order valence-electron chi connectivity index (χ3n) is 2.53. The van der Waals surface area contributed by atoms with Crippen LogP contribution in [0.4, 0.5) is 0 Å². The molecule has 2 nitrogen and oxygen atoms in total. The summed E-state index contributed by atoms with van der Waals surface area (Å²) in [6.45, 7) is 4.19. The SMILES string of the molecule is CC/C=C\c1cnc2c(n1)=CCC=CC=2C. The fraction of sp³-hybridized carbons (Fsp3) is 0.286. The molecular weight excluding hydrogens is 196 g/mol. The average molecular weight is 212 g/mol. The minimum absolute atomic E-state index is 0.931. The van der Waals surface area contributed by atoms with Crippen LogP contribution >= 0.6 is 0 Å². The van der Waals surface area contributed by atoms with Crippen LogP contribution in [0.1, 0.15) is 32.4 Å². The molecule has 0 aromatic carbocycles. The van der Waals surface area contributed by atoms with Gasteiger partial charge in [-0.15, -0.1) is 0 Å². The summed E-state index contributed by atoms with van der Waals surface area (Å²) in [7, 11) is 0. The van der Waals surface area contributed by atoms with Gasteiger partial charge < -0.3 is 0 Å². The van der Waals surface area contributed by atoms with E-state index in [-0.39, 0.29) is 0 Å². The highest BCUT2D eigenvalue weighted by molar-refractivity contribution is 5.55. The number of hydrogen-bond donors (Lipinski definition) is 0. The lowest BCUT2D eigenvalue weighted by atomic mass is 10.2. The van der Waals surface area contributed by atoms with E-state index >= 15 is 0 Å². The Balaban J connectivity index is 2.57. The van der Waals surface area contributed by atoms with Crippen LogP contribution in [0.25, 0.3) is 17.7 Å². The molecule has 0 bridgehead atoms. The van der Waals surface area contributed by atoms with Crippen LogP contribution in [0.3, 0.4) is 0 Å². The predicted octanol–water partition coefficient (Wildman–Crippen LogP) is 1.81. The summed E-state index contributed by atoms with van der Waals surface area (Å²) in [4.78, 5) is 9.08. The molecule has 1 aliphatic rings. The van der Waals surface area contributed by atoms with E-state index in [1.807, 2.05) is 12.3 Å². The molecule has 16 heavy (non-hydrogen) atoms. The Morgan fingerprint density at radius 2 is 2.31 bits per heavy atom. The highest BCUT2D eigenvalue weighted by Crippen LogP contribution is 1.98. The number of aromatic nitrogens is 2. The summed E-state index contributed by atoms with van der Waals surface area (Å²) < 4.78 is 0. The van der Waals surface area contributed by atoms with E-state index in [0.717, 1.165) is 29.2 Å². The first-order chi connectivity index (χ1) is 7.81. The first kappa shape index (κ1) is 10.8. The van der Waals surface area contributed by atoms with Crippen LogP contribution in [0.15, 0.2) is 24.4 Å². The highest BCUT2D eigenvalue weighted by Gasteiger charge is 1.97. The maximum atomic E-state index is 4.60. The van der Waals surface area contributed by atoms with Crippen molar-refractivity contribution >= 4 is 17.7 Å². The normalized spacial score (nSPS) is 14.8. The van der Waals surface area contributed by atoms with Gasteiger partial charge in [0.2, 0.25) is 0 Å². The van der Waals surface area contributed by atoms with Gasteiger partial charge >= 0.3 is 0 Å². The standard InChI is InChI=1S/C14H16N2/c1-3-4-8-12-10-15-14-11(2)7-5-6-9-13(14)16-12/h4-5,7-10H,3,6H2,1-2H3/b8-4-. The molecule has 0 N–H and O–H groups in total. The van der Waals surface area contributed by atoms with Gasteiger partial charge in [-0.25, -0.2) is 4.98 Å². The van der Waals surface area contributed by atoms with E-state index in [1.165, 1.54) is 5.57 Å². The van der Waals surface area contributed by atoms with Crippen molar-refractivity contribution in [1.82, 2.24) is 9.97 Å². The Labute approximate surface area is 95.8 Å². The highest BCUT2D eigenvalue weighted by atomic mass is 14.8. The topological polar surface area (TPSA) is 25.8 Å². The monoisotopic (exact) mass is 212 g/mol. The molecular formula is C14H16N2. The van der Waals surface area contributed by atoms with Gasteiger partial charge in [-0.1, -0.05) is 31.2 Å². The molecule has 0 atom stereocenters. The maximum Gasteiger partial charge on any atom is 0.0913 e. The van der Waals surface area contributed by atoms with Gasteiger partial charge in [0.15, 0.2) is 0 Å². The molecule has 82 valence electrons. The first-order valence-electron chi connectivity index (χ1n) is 5.68. The Bertz CT molecular complexity index is 551. The molecule has 2 rings (SSSR count). The van der Waals surface area contributed by atoms with Gasteiger partial charge in [0.05, 0.1) is 22.6 Å². The van der Waals surface area contributed by atoms with Crippen LogP contribution in [0, 0.1) is 0 Å². The van der Waals surface area contributed by atoms with Crippen molar-refractivity contribution in [3.05, 3.63) is 40.8 Å². The molecule has 0 amide bonds. The number of nitrogens with zero attached hydrogens (tertiary/aromatic N) is 2. The maximum absolute atomic E-state index is 4.60. The van der Waals surface area contributed by atoms with Crippen LogP contribution in [-0.4, -0.2) is 9.97 Å². The molecule has 0 unspecified atom stereocenters. The number of hydrogen-bond acceptors (Lipinski definition) is 2. The summed E-state index contributed by atoms with van der Waals surface area (Å²) in [5.74, 6) is 0. The Morgan fingerprint density at radius 1 is 1.44 bits per heavy atom. The van der Waals surface area contributed by atoms with Crippen LogP contribution < -0.4 is 10.7 Å². The summed E-state index contributed by atoms with van der Waals surface area (Å²) in [5.41, 5.74) is 2.12. The van der Waals surface area contributed by atoms with E-state index in [4.69, 9.17) is 0 Å². The first-order valence-corrected chi connectivity index (χ1v) is 5.68. The fourth-order valence-corrected chi connectivity index (χ4v) is 1.69. The molecule has 0 radical (unpaired) electrons. The van der Waals surface area contributed by atoms with Crippen molar-refractivity contribution in [2.45, 2.75) is 26.7 Å². The molecule has 2 heteroatoms. The van der Waals surface area contributed by atoms with Gasteiger partial charge in [-0.2, -0.15) is 0 Å². The van der Waals surface area contributed by atoms with E-state index in [2.05, 4.69) is 48.1 Å². The number of fused-ring (bicyclic) bond motifs is 1. The third-order valence-corrected chi connectivity index (χ3v) is 2.53. The summed E-state index contributed by atoms with van der Waals surface area (Å²) >= 11 is 0. The Kier molecular flexibility index (Phi) is 3.30. The Hall–Kier alpha value is -1.70. The molecule has 1 aromatic heterocycles. The largest absolute Gasteiger partial charge is 0.252 e. The second-order valence-electron chi connectivity index (χ2n) is 3.86. The molecule has 0 fully saturated rings. The molecule has 1 heterocycles. The van der Waals surface area contributed by atoms with Gasteiger partial charge in [-0.3, -0.25) is 4.98 Å². The minimum atomic E-state index is 0.931. The van der Waals surface area contributed by atoms with Gasteiger partial charge in [0.25, 0.3) is 0 Å². The zero-order valence-corrected chi connectivity index (χ0v) is 9.77. The van der Waals surface area contributed by atoms with Gasteiger partial charge in [-0.05, 0) is 31.4 Å². The second kappa shape index (κ2) is 4.88. The van der Waals surface area contributed by atoms with Gasteiger partial charge in [0, 0.05) is 0 Å². The molecule has 0 saturated heterocycles. The van der Waals surface area contributed by atoms with Crippen molar-refractivity contribution < 1.29 is 0 Å². The van der Waals surface area contributed by atoms with E-state index in [0.29, 0.717) is 0 Å². The smallest absolute Gasteiger partial charge is 0.0913 e. The van der Waals surface area contributed by atoms with E-state index in [9.17, 15) is 0 Å². The molecule has 0 saturated carbocycles. The van der Waals surface area contributed by atoms with Gasteiger partial charge in [0.1, 0.15) is 0 Å². The minimum Gasteiger partial charge on any atom is -0.252 e.